The number of benzene rings is 2. The number of hydrogen-bond donors (Lipinski definition) is 1. The molecule has 0 saturated heterocycles. The lowest BCUT2D eigenvalue weighted by molar-refractivity contribution is 0.297. The predicted octanol–water partition coefficient (Wildman–Crippen LogP) is 3.38. The minimum Gasteiger partial charge on any atom is -0.501 e. The molecule has 2 aromatic carbocycles. The first-order valence-electron chi connectivity index (χ1n) is 5.83. The lowest BCUT2D eigenvalue weighted by Gasteiger charge is -2.08. The van der Waals surface area contributed by atoms with Crippen LogP contribution < -0.4 is 9.31 Å². The topological polar surface area (TPSA) is 51.6 Å². The fourth-order valence-corrected chi connectivity index (χ4v) is 2.59. The van der Waals surface area contributed by atoms with E-state index in [1.807, 2.05) is 24.3 Å². The van der Waals surface area contributed by atoms with Crippen molar-refractivity contribution in [2.45, 2.75) is 0 Å². The van der Waals surface area contributed by atoms with Crippen LogP contribution in [0.4, 0.5) is 0 Å². The fourth-order valence-electron chi connectivity index (χ4n) is 1.64. The molecule has 3 aromatic rings. The van der Waals surface area contributed by atoms with Gasteiger partial charge in [-0.3, -0.25) is 0 Å². The molecule has 0 aliphatic heterocycles. The van der Waals surface area contributed by atoms with Gasteiger partial charge in [-0.1, -0.05) is 35.1 Å². The van der Waals surface area contributed by atoms with Crippen LogP contribution in [0.15, 0.2) is 48.5 Å². The Kier molecular flexibility index (Phi) is 3.78. The van der Waals surface area contributed by atoms with Crippen molar-refractivity contribution in [1.29, 1.82) is 0 Å². The molecule has 0 bridgehead atoms. The molecule has 3 rings (SSSR count). The van der Waals surface area contributed by atoms with Crippen molar-refractivity contribution in [2.75, 3.05) is 0 Å². The van der Waals surface area contributed by atoms with Crippen molar-refractivity contribution in [2.24, 2.45) is 0 Å². The van der Waals surface area contributed by atoms with Crippen LogP contribution in [0.25, 0.3) is 10.2 Å². The molecule has 0 unspecified atom stereocenters. The fraction of sp³-hybridized carbons (Fsp3) is 0. The van der Waals surface area contributed by atoms with Gasteiger partial charge in [0.25, 0.3) is 5.19 Å². The van der Waals surface area contributed by atoms with Crippen LogP contribution in [0.1, 0.15) is 0 Å². The van der Waals surface area contributed by atoms with E-state index in [1.165, 1.54) is 11.3 Å². The molecule has 100 valence electrons. The van der Waals surface area contributed by atoms with E-state index in [1.54, 1.807) is 24.3 Å². The SMILES string of the molecule is OB(Oc1ccc(Cl)cc1)Oc1nc2ccccc2s1. The Bertz CT molecular complexity index is 686. The summed E-state index contributed by atoms with van der Waals surface area (Å²) in [6.45, 7) is 0. The number of aromatic nitrogens is 1. The number of para-hydroxylation sites is 1. The third kappa shape index (κ3) is 3.04. The largest absolute Gasteiger partial charge is 0.786 e. The first kappa shape index (κ1) is 13.2. The third-order valence-electron chi connectivity index (χ3n) is 2.53. The number of nitrogens with zero attached hydrogens (tertiary/aromatic N) is 1. The number of thiazole rings is 1. The maximum absolute atomic E-state index is 9.74. The van der Waals surface area contributed by atoms with Crippen LogP contribution in [0.5, 0.6) is 10.9 Å². The second-order valence-corrected chi connectivity index (χ2v) is 5.37. The van der Waals surface area contributed by atoms with E-state index in [9.17, 15) is 5.02 Å². The van der Waals surface area contributed by atoms with Crippen LogP contribution in [0, 0.1) is 0 Å². The van der Waals surface area contributed by atoms with Crippen LogP contribution in [0.2, 0.25) is 5.02 Å². The first-order valence-corrected chi connectivity index (χ1v) is 7.03. The summed E-state index contributed by atoms with van der Waals surface area (Å²) in [6.07, 6.45) is 0. The highest BCUT2D eigenvalue weighted by Gasteiger charge is 2.23. The zero-order chi connectivity index (χ0) is 13.9. The first-order chi connectivity index (χ1) is 9.70. The molecule has 7 heteroatoms. The maximum Gasteiger partial charge on any atom is 0.786 e. The summed E-state index contributed by atoms with van der Waals surface area (Å²) >= 11 is 7.11. The van der Waals surface area contributed by atoms with Gasteiger partial charge in [-0.15, -0.1) is 0 Å². The molecule has 1 heterocycles. The third-order valence-corrected chi connectivity index (χ3v) is 3.71. The lowest BCUT2D eigenvalue weighted by atomic mass is 10.2. The molecule has 0 spiro atoms. The average molecular weight is 306 g/mol. The molecule has 0 aliphatic carbocycles. The standard InChI is InChI=1S/C13H9BClNO3S/c15-9-5-7-10(8-6-9)18-14(17)19-13-16-11-3-1-2-4-12(11)20-13/h1-8,17H. The van der Waals surface area contributed by atoms with Crippen LogP contribution in [0.3, 0.4) is 0 Å². The highest BCUT2D eigenvalue weighted by molar-refractivity contribution is 7.20. The summed E-state index contributed by atoms with van der Waals surface area (Å²) in [6, 6.07) is 14.3. The summed E-state index contributed by atoms with van der Waals surface area (Å²) < 4.78 is 11.4. The van der Waals surface area contributed by atoms with Gasteiger partial charge >= 0.3 is 7.32 Å². The molecule has 20 heavy (non-hydrogen) atoms. The normalized spacial score (nSPS) is 10.5. The van der Waals surface area contributed by atoms with Crippen molar-refractivity contribution in [3.63, 3.8) is 0 Å². The van der Waals surface area contributed by atoms with Gasteiger partial charge in [0, 0.05) is 5.02 Å². The Labute approximate surface area is 124 Å². The van der Waals surface area contributed by atoms with Crippen molar-refractivity contribution in [3.05, 3.63) is 53.6 Å². The molecular formula is C13H9BClNO3S. The molecule has 1 N–H and O–H groups in total. The van der Waals surface area contributed by atoms with Gasteiger partial charge in [0.1, 0.15) is 5.75 Å². The molecule has 0 aliphatic rings. The summed E-state index contributed by atoms with van der Waals surface area (Å²) in [7, 11) is -1.42. The van der Waals surface area contributed by atoms with E-state index in [2.05, 4.69) is 4.98 Å². The molecule has 0 atom stereocenters. The van der Waals surface area contributed by atoms with E-state index in [4.69, 9.17) is 20.9 Å². The molecule has 0 radical (unpaired) electrons. The number of fused-ring (bicyclic) bond motifs is 1. The van der Waals surface area contributed by atoms with Gasteiger partial charge < -0.3 is 14.3 Å². The van der Waals surface area contributed by atoms with E-state index in [-0.39, 0.29) is 0 Å². The monoisotopic (exact) mass is 305 g/mol. The van der Waals surface area contributed by atoms with Crippen molar-refractivity contribution in [1.82, 2.24) is 4.98 Å². The second kappa shape index (κ2) is 5.70. The van der Waals surface area contributed by atoms with Crippen molar-refractivity contribution < 1.29 is 14.3 Å². The molecule has 0 saturated carbocycles. The van der Waals surface area contributed by atoms with E-state index in [0.717, 1.165) is 10.2 Å². The summed E-state index contributed by atoms with van der Waals surface area (Å²) in [5, 5.41) is 10.7. The van der Waals surface area contributed by atoms with Crippen LogP contribution in [-0.2, 0) is 0 Å². The minimum absolute atomic E-state index is 0.354. The Morgan fingerprint density at radius 1 is 1.05 bits per heavy atom. The Morgan fingerprint density at radius 3 is 2.55 bits per heavy atom. The highest BCUT2D eigenvalue weighted by Crippen LogP contribution is 2.27. The number of hydrogen-bond acceptors (Lipinski definition) is 5. The minimum atomic E-state index is -1.42. The molecule has 4 nitrogen and oxygen atoms in total. The number of rotatable bonds is 4. The van der Waals surface area contributed by atoms with E-state index < -0.39 is 7.32 Å². The smallest absolute Gasteiger partial charge is 0.501 e. The van der Waals surface area contributed by atoms with Gasteiger partial charge in [0.05, 0.1) is 10.2 Å². The van der Waals surface area contributed by atoms with Gasteiger partial charge in [-0.25, -0.2) is 4.98 Å². The Morgan fingerprint density at radius 2 is 1.80 bits per heavy atom. The van der Waals surface area contributed by atoms with Crippen LogP contribution in [-0.4, -0.2) is 17.3 Å². The van der Waals surface area contributed by atoms with Gasteiger partial charge in [0.2, 0.25) is 0 Å². The predicted molar refractivity (Wildman–Crippen MR) is 80.3 cm³/mol. The summed E-state index contributed by atoms with van der Waals surface area (Å²) in [5.41, 5.74) is 0.825. The molecule has 0 fully saturated rings. The second-order valence-electron chi connectivity index (χ2n) is 3.94. The van der Waals surface area contributed by atoms with E-state index >= 15 is 0 Å². The Hall–Kier alpha value is -1.76. The maximum atomic E-state index is 9.74. The van der Waals surface area contributed by atoms with Crippen molar-refractivity contribution in [3.8, 4) is 10.9 Å². The summed E-state index contributed by atoms with van der Waals surface area (Å²) in [4.78, 5) is 4.24. The zero-order valence-electron chi connectivity index (χ0n) is 10.2. The van der Waals surface area contributed by atoms with Crippen LogP contribution >= 0.6 is 22.9 Å². The van der Waals surface area contributed by atoms with Gasteiger partial charge in [-0.05, 0) is 36.4 Å². The summed E-state index contributed by atoms with van der Waals surface area (Å²) in [5.74, 6) is 0.461. The van der Waals surface area contributed by atoms with Crippen molar-refractivity contribution >= 4 is 40.5 Å². The van der Waals surface area contributed by atoms with Gasteiger partial charge in [-0.2, -0.15) is 0 Å². The quantitative estimate of drug-likeness (QED) is 0.751. The highest BCUT2D eigenvalue weighted by atomic mass is 35.5. The molecule has 0 amide bonds. The lowest BCUT2D eigenvalue weighted by Crippen LogP contribution is -2.29. The number of halogens is 1. The molecule has 1 aromatic heterocycles. The molecular weight excluding hydrogens is 296 g/mol. The van der Waals surface area contributed by atoms with E-state index in [0.29, 0.717) is 16.0 Å². The Balaban J connectivity index is 1.69. The van der Waals surface area contributed by atoms with Gasteiger partial charge in [0.15, 0.2) is 0 Å². The zero-order valence-corrected chi connectivity index (χ0v) is 11.8. The average Bonchev–Trinajstić information content (AvgIpc) is 2.83.